The van der Waals surface area contributed by atoms with E-state index in [0.29, 0.717) is 28.0 Å². The number of nitrogens with one attached hydrogen (secondary N) is 1. The maximum Gasteiger partial charge on any atom is 0.294 e. The summed E-state index contributed by atoms with van der Waals surface area (Å²) in [6.07, 6.45) is 0. The van der Waals surface area contributed by atoms with Crippen LogP contribution in [0.5, 0.6) is 5.75 Å². The number of para-hydroxylation sites is 2. The molecule has 0 radical (unpaired) electrons. The summed E-state index contributed by atoms with van der Waals surface area (Å²) in [6.45, 7) is 1.94. The van der Waals surface area contributed by atoms with Crippen molar-refractivity contribution in [3.63, 3.8) is 0 Å². The SMILES string of the molecule is COc1cccc2cc(C(=O)C3=C(O)C(=O)N(c4ccc(Nc5ccccc5)cc4)C3c3cccc(C)c3)oc12. The average Bonchev–Trinajstić information content (AvgIpc) is 3.53. The van der Waals surface area contributed by atoms with Crippen LogP contribution in [0.15, 0.2) is 119 Å². The molecule has 0 aliphatic carbocycles. The number of furan rings is 1. The van der Waals surface area contributed by atoms with Crippen molar-refractivity contribution in [1.29, 1.82) is 0 Å². The summed E-state index contributed by atoms with van der Waals surface area (Å²) in [5.41, 5.74) is 4.33. The van der Waals surface area contributed by atoms with Crippen LogP contribution in [-0.2, 0) is 4.79 Å². The van der Waals surface area contributed by atoms with Gasteiger partial charge in [-0.2, -0.15) is 0 Å². The Morgan fingerprint density at radius 1 is 0.900 bits per heavy atom. The number of rotatable bonds is 7. The molecule has 0 saturated heterocycles. The molecule has 40 heavy (non-hydrogen) atoms. The van der Waals surface area contributed by atoms with E-state index in [9.17, 15) is 14.7 Å². The Kier molecular flexibility index (Phi) is 6.32. The Balaban J connectivity index is 1.41. The molecule has 1 aliphatic rings. The molecule has 1 unspecified atom stereocenters. The molecule has 1 aromatic heterocycles. The molecule has 1 aliphatic heterocycles. The molecular weight excluding hydrogens is 504 g/mol. The van der Waals surface area contributed by atoms with Gasteiger partial charge in [-0.1, -0.05) is 60.2 Å². The van der Waals surface area contributed by atoms with Crippen LogP contribution in [0.3, 0.4) is 0 Å². The van der Waals surface area contributed by atoms with Crippen LogP contribution in [0.1, 0.15) is 27.7 Å². The monoisotopic (exact) mass is 530 g/mol. The molecule has 4 aromatic carbocycles. The molecule has 1 amide bonds. The Hall–Kier alpha value is -5.30. The summed E-state index contributed by atoms with van der Waals surface area (Å²) in [4.78, 5) is 29.0. The molecule has 0 fully saturated rings. The van der Waals surface area contributed by atoms with Crippen molar-refractivity contribution in [2.24, 2.45) is 0 Å². The Morgan fingerprint density at radius 3 is 2.35 bits per heavy atom. The number of anilines is 3. The number of hydrogen-bond acceptors (Lipinski definition) is 6. The van der Waals surface area contributed by atoms with E-state index in [0.717, 1.165) is 16.9 Å². The Morgan fingerprint density at radius 2 is 1.62 bits per heavy atom. The molecule has 7 nitrogen and oxygen atoms in total. The van der Waals surface area contributed by atoms with Crippen LogP contribution in [0.25, 0.3) is 11.0 Å². The number of benzene rings is 4. The summed E-state index contributed by atoms with van der Waals surface area (Å²) in [5, 5.41) is 15.1. The first-order valence-corrected chi connectivity index (χ1v) is 12.8. The lowest BCUT2D eigenvalue weighted by molar-refractivity contribution is -0.117. The van der Waals surface area contributed by atoms with Gasteiger partial charge in [-0.3, -0.25) is 14.5 Å². The lowest BCUT2D eigenvalue weighted by atomic mass is 9.94. The average molecular weight is 531 g/mol. The minimum Gasteiger partial charge on any atom is -0.503 e. The number of ketones is 1. The molecule has 198 valence electrons. The first-order valence-electron chi connectivity index (χ1n) is 12.8. The summed E-state index contributed by atoms with van der Waals surface area (Å²) < 4.78 is 11.3. The number of carbonyl (C=O) groups is 2. The maximum atomic E-state index is 13.9. The third-order valence-corrected chi connectivity index (χ3v) is 6.97. The third-order valence-electron chi connectivity index (χ3n) is 6.97. The summed E-state index contributed by atoms with van der Waals surface area (Å²) >= 11 is 0. The van der Waals surface area contributed by atoms with Crippen LogP contribution >= 0.6 is 0 Å². The highest BCUT2D eigenvalue weighted by molar-refractivity contribution is 6.20. The lowest BCUT2D eigenvalue weighted by Crippen LogP contribution is -2.31. The van der Waals surface area contributed by atoms with Crippen molar-refractivity contribution < 1.29 is 23.8 Å². The van der Waals surface area contributed by atoms with Crippen molar-refractivity contribution in [2.75, 3.05) is 17.3 Å². The summed E-state index contributed by atoms with van der Waals surface area (Å²) in [6, 6.07) is 30.7. The minimum absolute atomic E-state index is 0.00996. The van der Waals surface area contributed by atoms with Crippen molar-refractivity contribution in [2.45, 2.75) is 13.0 Å². The second-order valence-corrected chi connectivity index (χ2v) is 9.61. The molecule has 0 spiro atoms. The summed E-state index contributed by atoms with van der Waals surface area (Å²) in [7, 11) is 1.52. The number of aliphatic hydroxyl groups excluding tert-OH is 1. The number of hydrogen-bond donors (Lipinski definition) is 2. The molecule has 2 N–H and O–H groups in total. The van der Waals surface area contributed by atoms with E-state index < -0.39 is 23.5 Å². The zero-order valence-corrected chi connectivity index (χ0v) is 21.9. The Labute approximate surface area is 230 Å². The normalized spacial score (nSPS) is 15.1. The largest absolute Gasteiger partial charge is 0.503 e. The molecule has 5 aromatic rings. The van der Waals surface area contributed by atoms with Gasteiger partial charge >= 0.3 is 0 Å². The number of fused-ring (bicyclic) bond motifs is 1. The quantitative estimate of drug-likeness (QED) is 0.215. The molecule has 0 bridgehead atoms. The van der Waals surface area contributed by atoms with E-state index >= 15 is 0 Å². The number of aryl methyl sites for hydroxylation is 1. The van der Waals surface area contributed by atoms with E-state index in [-0.39, 0.29) is 11.3 Å². The van der Waals surface area contributed by atoms with Crippen molar-refractivity contribution >= 4 is 39.7 Å². The number of nitrogens with zero attached hydrogens (tertiary/aromatic N) is 1. The highest BCUT2D eigenvalue weighted by Gasteiger charge is 2.45. The van der Waals surface area contributed by atoms with E-state index in [4.69, 9.17) is 9.15 Å². The van der Waals surface area contributed by atoms with Gasteiger partial charge < -0.3 is 19.6 Å². The highest BCUT2D eigenvalue weighted by atomic mass is 16.5. The molecule has 1 atom stereocenters. The van der Waals surface area contributed by atoms with Crippen molar-refractivity contribution in [1.82, 2.24) is 0 Å². The van der Waals surface area contributed by atoms with Gasteiger partial charge in [0.2, 0.25) is 5.78 Å². The lowest BCUT2D eigenvalue weighted by Gasteiger charge is -2.27. The highest BCUT2D eigenvalue weighted by Crippen LogP contribution is 2.43. The van der Waals surface area contributed by atoms with Gasteiger partial charge in [-0.05, 0) is 61.0 Å². The van der Waals surface area contributed by atoms with E-state index in [1.165, 1.54) is 12.0 Å². The van der Waals surface area contributed by atoms with E-state index in [1.54, 1.807) is 30.3 Å². The fourth-order valence-electron chi connectivity index (χ4n) is 5.09. The smallest absolute Gasteiger partial charge is 0.294 e. The van der Waals surface area contributed by atoms with Gasteiger partial charge in [-0.15, -0.1) is 0 Å². The van der Waals surface area contributed by atoms with Crippen molar-refractivity contribution in [3.8, 4) is 5.75 Å². The van der Waals surface area contributed by atoms with E-state index in [2.05, 4.69) is 5.32 Å². The second kappa shape index (κ2) is 10.1. The first-order chi connectivity index (χ1) is 19.4. The topological polar surface area (TPSA) is 92.0 Å². The number of amides is 1. The van der Waals surface area contributed by atoms with Crippen LogP contribution in [-0.4, -0.2) is 23.9 Å². The first kappa shape index (κ1) is 25.0. The fourth-order valence-corrected chi connectivity index (χ4v) is 5.09. The van der Waals surface area contributed by atoms with Gasteiger partial charge in [0, 0.05) is 22.4 Å². The Bertz CT molecular complexity index is 1770. The second-order valence-electron chi connectivity index (χ2n) is 9.61. The van der Waals surface area contributed by atoms with Crippen LogP contribution in [0, 0.1) is 6.92 Å². The van der Waals surface area contributed by atoms with Crippen LogP contribution in [0.4, 0.5) is 17.1 Å². The molecule has 0 saturated carbocycles. The number of carbonyl (C=O) groups excluding carboxylic acids is 2. The molecular formula is C33H26N2O5. The van der Waals surface area contributed by atoms with Crippen LogP contribution < -0.4 is 15.0 Å². The minimum atomic E-state index is -0.858. The molecule has 2 heterocycles. The van der Waals surface area contributed by atoms with Gasteiger partial charge in [0.25, 0.3) is 5.91 Å². The third kappa shape index (κ3) is 4.37. The summed E-state index contributed by atoms with van der Waals surface area (Å²) in [5.74, 6) is -1.34. The van der Waals surface area contributed by atoms with Gasteiger partial charge in [0.1, 0.15) is 0 Å². The maximum absolute atomic E-state index is 13.9. The fraction of sp³-hybridized carbons (Fsp3) is 0.0909. The number of ether oxygens (including phenoxy) is 1. The number of methoxy groups -OCH3 is 1. The van der Waals surface area contributed by atoms with E-state index in [1.807, 2.05) is 79.7 Å². The predicted octanol–water partition coefficient (Wildman–Crippen LogP) is 7.28. The molecule has 7 heteroatoms. The number of aliphatic hydroxyl groups is 1. The zero-order chi connectivity index (χ0) is 27.8. The zero-order valence-electron chi connectivity index (χ0n) is 21.9. The van der Waals surface area contributed by atoms with Crippen LogP contribution in [0.2, 0.25) is 0 Å². The predicted molar refractivity (Wildman–Crippen MR) is 154 cm³/mol. The van der Waals surface area contributed by atoms with Gasteiger partial charge in [0.15, 0.2) is 22.9 Å². The van der Waals surface area contributed by atoms with Crippen molar-refractivity contribution in [3.05, 3.63) is 131 Å². The standard InChI is InChI=1S/C33H26N2O5/c1-20-8-6-9-21(18-20)29-28(30(36)27-19-22-10-7-13-26(39-2)32(22)40-27)31(37)33(38)35(29)25-16-14-24(15-17-25)34-23-11-4-3-5-12-23/h3-19,29,34,37H,1-2H3. The molecule has 6 rings (SSSR count). The number of Topliss-reactive ketones (excluding diaryl/α,β-unsaturated/α-hetero) is 1. The van der Waals surface area contributed by atoms with Gasteiger partial charge in [-0.25, -0.2) is 0 Å². The van der Waals surface area contributed by atoms with Gasteiger partial charge in [0.05, 0.1) is 18.7 Å².